The first kappa shape index (κ1) is 31.8. The highest BCUT2D eigenvalue weighted by Crippen LogP contribution is 2.48. The molecule has 1 fully saturated rings. The topological polar surface area (TPSA) is 114 Å². The van der Waals surface area contributed by atoms with E-state index in [1.54, 1.807) is 24.3 Å². The van der Waals surface area contributed by atoms with Gasteiger partial charge in [0.05, 0.1) is 24.7 Å². The predicted molar refractivity (Wildman–Crippen MR) is 168 cm³/mol. The summed E-state index contributed by atoms with van der Waals surface area (Å²) >= 11 is 0. The summed E-state index contributed by atoms with van der Waals surface area (Å²) in [7, 11) is 0. The Bertz CT molecular complexity index is 1530. The molecule has 2 amide bonds. The van der Waals surface area contributed by atoms with Crippen LogP contribution in [0.15, 0.2) is 54.6 Å². The molecule has 3 N–H and O–H groups in total. The summed E-state index contributed by atoms with van der Waals surface area (Å²) in [6.07, 6.45) is -0.352. The van der Waals surface area contributed by atoms with Gasteiger partial charge in [0.1, 0.15) is 11.7 Å². The highest BCUT2D eigenvalue weighted by molar-refractivity contribution is 6.10. The molecular weight excluding hydrogens is 544 g/mol. The van der Waals surface area contributed by atoms with Crippen molar-refractivity contribution in [1.29, 1.82) is 0 Å². The molecule has 0 spiro atoms. The molecule has 8 nitrogen and oxygen atoms in total. The molecule has 4 atom stereocenters. The zero-order chi connectivity index (χ0) is 31.5. The minimum atomic E-state index is -1.73. The Hall–Kier alpha value is -4.17. The number of amides is 2. The maximum atomic E-state index is 14.1. The Morgan fingerprint density at radius 2 is 1.35 bits per heavy atom. The van der Waals surface area contributed by atoms with Crippen LogP contribution in [0, 0.1) is 39.5 Å². The monoisotopic (exact) mass is 586 g/mol. The zero-order valence-electron chi connectivity index (χ0n) is 26.0. The number of anilines is 2. The number of ether oxygens (including phenoxy) is 2. The van der Waals surface area contributed by atoms with Gasteiger partial charge in [-0.1, -0.05) is 41.5 Å². The first-order valence-electron chi connectivity index (χ1n) is 14.8. The van der Waals surface area contributed by atoms with Gasteiger partial charge >= 0.3 is 0 Å². The van der Waals surface area contributed by atoms with Gasteiger partial charge < -0.3 is 25.2 Å². The maximum absolute atomic E-state index is 14.1. The van der Waals surface area contributed by atoms with E-state index in [0.717, 1.165) is 22.3 Å². The molecule has 0 bridgehead atoms. The molecule has 8 heteroatoms. The lowest BCUT2D eigenvalue weighted by Crippen LogP contribution is -2.56. The smallest absolute Gasteiger partial charge is 0.235 e. The first-order chi connectivity index (χ1) is 20.4. The molecule has 228 valence electrons. The molecule has 1 saturated carbocycles. The molecule has 4 unspecified atom stereocenters. The van der Waals surface area contributed by atoms with Crippen LogP contribution < -0.4 is 20.1 Å². The fourth-order valence-corrected chi connectivity index (χ4v) is 6.10. The fraction of sp³-hybridized carbons (Fsp3) is 0.400. The Kier molecular flexibility index (Phi) is 9.60. The van der Waals surface area contributed by atoms with Gasteiger partial charge in [-0.2, -0.15) is 0 Å². The Morgan fingerprint density at radius 3 is 1.88 bits per heavy atom. The third-order valence-electron chi connectivity index (χ3n) is 8.06. The SMILES string of the molecule is CCOc1ccc(C2C(C(=O)Nc3ccc(C)cc3C)C(=O)CC(C)(O)C2C(=O)Nc2ccc(C)cc2C)cc1OCC. The molecule has 43 heavy (non-hydrogen) atoms. The van der Waals surface area contributed by atoms with E-state index in [-0.39, 0.29) is 6.42 Å². The van der Waals surface area contributed by atoms with Gasteiger partial charge in [-0.15, -0.1) is 0 Å². The number of hydrogen-bond acceptors (Lipinski definition) is 6. The molecule has 3 aromatic rings. The third kappa shape index (κ3) is 6.91. The molecule has 0 aromatic heterocycles. The predicted octanol–water partition coefficient (Wildman–Crippen LogP) is 6.03. The van der Waals surface area contributed by atoms with Gasteiger partial charge in [-0.25, -0.2) is 0 Å². The molecular formula is C35H42N2O6. The van der Waals surface area contributed by atoms with Crippen molar-refractivity contribution in [2.75, 3.05) is 23.8 Å². The number of aryl methyl sites for hydroxylation is 4. The second-order valence-corrected chi connectivity index (χ2v) is 11.7. The van der Waals surface area contributed by atoms with Crippen LogP contribution in [0.3, 0.4) is 0 Å². The van der Waals surface area contributed by atoms with Gasteiger partial charge in [0, 0.05) is 23.7 Å². The number of hydrogen-bond donors (Lipinski definition) is 3. The average molecular weight is 587 g/mol. The van der Waals surface area contributed by atoms with Crippen LogP contribution in [0.2, 0.25) is 0 Å². The highest BCUT2D eigenvalue weighted by atomic mass is 16.5. The standard InChI is InChI=1S/C35H42N2O6/c1-8-42-28-15-12-24(18-29(28)43-9-2)30-31(33(39)36-25-13-10-20(3)16-22(25)5)27(38)19-35(7,41)32(30)34(40)37-26-14-11-21(4)17-23(26)6/h10-18,30-32,41H,8-9,19H2,1-7H3,(H,36,39)(H,37,40). The number of benzene rings is 3. The number of nitrogens with one attached hydrogen (secondary N) is 2. The third-order valence-corrected chi connectivity index (χ3v) is 8.06. The zero-order valence-corrected chi connectivity index (χ0v) is 26.0. The van der Waals surface area contributed by atoms with Crippen LogP contribution in [-0.4, -0.2) is 41.5 Å². The van der Waals surface area contributed by atoms with Gasteiger partial charge in [0.2, 0.25) is 11.8 Å². The number of Topliss-reactive ketones (excluding diaryl/α,β-unsaturated/α-hetero) is 1. The van der Waals surface area contributed by atoms with Gasteiger partial charge in [-0.05, 0) is 89.4 Å². The number of ketones is 1. The molecule has 4 rings (SSSR count). The summed E-state index contributed by atoms with van der Waals surface area (Å²) < 4.78 is 11.6. The lowest BCUT2D eigenvalue weighted by Gasteiger charge is -2.44. The lowest BCUT2D eigenvalue weighted by atomic mass is 9.61. The summed E-state index contributed by atoms with van der Waals surface area (Å²) in [6.45, 7) is 13.7. The van der Waals surface area contributed by atoms with E-state index >= 15 is 0 Å². The summed E-state index contributed by atoms with van der Waals surface area (Å²) in [4.78, 5) is 41.9. The Morgan fingerprint density at radius 1 is 0.814 bits per heavy atom. The van der Waals surface area contributed by atoms with E-state index in [2.05, 4.69) is 10.6 Å². The Labute approximate surface area is 253 Å². The van der Waals surface area contributed by atoms with Gasteiger partial charge in [0.25, 0.3) is 0 Å². The average Bonchev–Trinajstić information content (AvgIpc) is 2.92. The van der Waals surface area contributed by atoms with Crippen molar-refractivity contribution < 1.29 is 29.0 Å². The van der Waals surface area contributed by atoms with E-state index in [9.17, 15) is 19.5 Å². The quantitative estimate of drug-likeness (QED) is 0.264. The van der Waals surface area contributed by atoms with Crippen LogP contribution in [0.4, 0.5) is 11.4 Å². The summed E-state index contributed by atoms with van der Waals surface area (Å²) in [5, 5.41) is 17.6. The summed E-state index contributed by atoms with van der Waals surface area (Å²) in [5.41, 5.74) is 3.76. The molecule has 1 aliphatic carbocycles. The van der Waals surface area contributed by atoms with Crippen molar-refractivity contribution in [3.05, 3.63) is 82.4 Å². The molecule has 0 heterocycles. The molecule has 3 aromatic carbocycles. The van der Waals surface area contributed by atoms with E-state index in [0.29, 0.717) is 41.7 Å². The number of aliphatic hydroxyl groups is 1. The van der Waals surface area contributed by atoms with Gasteiger partial charge in [-0.3, -0.25) is 14.4 Å². The lowest BCUT2D eigenvalue weighted by molar-refractivity contribution is -0.150. The van der Waals surface area contributed by atoms with E-state index in [4.69, 9.17) is 9.47 Å². The number of carbonyl (C=O) groups excluding carboxylic acids is 3. The van der Waals surface area contributed by atoms with E-state index in [1.807, 2.05) is 71.9 Å². The van der Waals surface area contributed by atoms with Crippen LogP contribution >= 0.6 is 0 Å². The summed E-state index contributed by atoms with van der Waals surface area (Å²) in [6, 6.07) is 16.5. The fourth-order valence-electron chi connectivity index (χ4n) is 6.10. The van der Waals surface area contributed by atoms with Crippen LogP contribution in [0.25, 0.3) is 0 Å². The van der Waals surface area contributed by atoms with E-state index < -0.39 is 41.0 Å². The van der Waals surface area contributed by atoms with Gasteiger partial charge in [0.15, 0.2) is 11.5 Å². The minimum absolute atomic E-state index is 0.352. The van der Waals surface area contributed by atoms with Crippen molar-refractivity contribution in [3.8, 4) is 11.5 Å². The van der Waals surface area contributed by atoms with E-state index in [1.165, 1.54) is 6.92 Å². The van der Waals surface area contributed by atoms with Crippen molar-refractivity contribution in [2.24, 2.45) is 11.8 Å². The normalized spacial score (nSPS) is 21.7. The molecule has 0 saturated heterocycles. The van der Waals surface area contributed by atoms with Crippen molar-refractivity contribution in [1.82, 2.24) is 0 Å². The highest BCUT2D eigenvalue weighted by Gasteiger charge is 2.56. The number of rotatable bonds is 9. The van der Waals surface area contributed by atoms with Crippen molar-refractivity contribution >= 4 is 29.0 Å². The molecule has 0 radical (unpaired) electrons. The van der Waals surface area contributed by atoms with Crippen LogP contribution in [-0.2, 0) is 14.4 Å². The largest absolute Gasteiger partial charge is 0.490 e. The van der Waals surface area contributed by atoms with Crippen LogP contribution in [0.5, 0.6) is 11.5 Å². The second-order valence-electron chi connectivity index (χ2n) is 11.7. The summed E-state index contributed by atoms with van der Waals surface area (Å²) in [5.74, 6) is -3.91. The van der Waals surface area contributed by atoms with Crippen molar-refractivity contribution in [2.45, 2.75) is 66.4 Å². The maximum Gasteiger partial charge on any atom is 0.235 e. The van der Waals surface area contributed by atoms with Crippen LogP contribution in [0.1, 0.15) is 60.9 Å². The molecule has 1 aliphatic rings. The van der Waals surface area contributed by atoms with Crippen molar-refractivity contribution in [3.63, 3.8) is 0 Å². The molecule has 0 aliphatic heterocycles. The number of carbonyl (C=O) groups is 3. The minimum Gasteiger partial charge on any atom is -0.490 e. The first-order valence-corrected chi connectivity index (χ1v) is 14.8. The Balaban J connectivity index is 1.84. The second kappa shape index (κ2) is 13.0.